The minimum atomic E-state index is -1.80. The molecule has 0 unspecified atom stereocenters. The molecule has 0 bridgehead atoms. The number of amides is 4. The van der Waals surface area contributed by atoms with Crippen molar-refractivity contribution in [2.75, 3.05) is 13.6 Å². The van der Waals surface area contributed by atoms with E-state index in [1.54, 1.807) is 7.05 Å². The monoisotopic (exact) mass is 401 g/mol. The van der Waals surface area contributed by atoms with Crippen molar-refractivity contribution in [1.29, 1.82) is 0 Å². The first-order chi connectivity index (χ1) is 13.6. The van der Waals surface area contributed by atoms with Gasteiger partial charge in [0.2, 0.25) is 5.91 Å². The van der Waals surface area contributed by atoms with Crippen LogP contribution in [0.2, 0.25) is 0 Å². The Bertz CT molecular complexity index is 967. The number of halogens is 2. The van der Waals surface area contributed by atoms with Crippen LogP contribution < -0.4 is 5.32 Å². The van der Waals surface area contributed by atoms with Crippen LogP contribution in [0.15, 0.2) is 48.5 Å². The second-order valence-electron chi connectivity index (χ2n) is 7.16. The topological polar surface area (TPSA) is 69.7 Å². The van der Waals surface area contributed by atoms with Crippen LogP contribution in [0, 0.1) is 11.6 Å². The Morgan fingerprint density at radius 3 is 2.48 bits per heavy atom. The van der Waals surface area contributed by atoms with Crippen molar-refractivity contribution in [1.82, 2.24) is 15.1 Å². The molecule has 1 heterocycles. The number of hydrogen-bond donors (Lipinski definition) is 1. The Kier molecular flexibility index (Phi) is 5.37. The highest BCUT2D eigenvalue weighted by Gasteiger charge is 2.51. The third kappa shape index (κ3) is 3.70. The maximum absolute atomic E-state index is 14.2. The van der Waals surface area contributed by atoms with Gasteiger partial charge in [0, 0.05) is 12.6 Å². The van der Waals surface area contributed by atoms with Crippen molar-refractivity contribution in [3.8, 4) is 0 Å². The van der Waals surface area contributed by atoms with Crippen molar-refractivity contribution in [2.24, 2.45) is 0 Å². The first kappa shape index (κ1) is 20.4. The van der Waals surface area contributed by atoms with E-state index in [9.17, 15) is 23.2 Å². The lowest BCUT2D eigenvalue weighted by atomic mass is 9.91. The molecule has 1 aliphatic heterocycles. The summed E-state index contributed by atoms with van der Waals surface area (Å²) < 4.78 is 27.8. The number of benzene rings is 2. The fraction of sp³-hybridized carbons (Fsp3) is 0.286. The molecule has 8 heteroatoms. The normalized spacial score (nSPS) is 19.8. The van der Waals surface area contributed by atoms with E-state index in [0.717, 1.165) is 28.7 Å². The second kappa shape index (κ2) is 7.62. The summed E-state index contributed by atoms with van der Waals surface area (Å²) in [5.74, 6) is -2.85. The number of carbonyl (C=O) groups is 3. The number of hydrogen-bond acceptors (Lipinski definition) is 3. The molecule has 6 nitrogen and oxygen atoms in total. The van der Waals surface area contributed by atoms with Gasteiger partial charge in [-0.25, -0.2) is 13.6 Å². The zero-order valence-electron chi connectivity index (χ0n) is 16.3. The van der Waals surface area contributed by atoms with Crippen molar-refractivity contribution >= 4 is 17.8 Å². The summed E-state index contributed by atoms with van der Waals surface area (Å²) in [7, 11) is 1.57. The van der Waals surface area contributed by atoms with Gasteiger partial charge < -0.3 is 10.2 Å². The quantitative estimate of drug-likeness (QED) is 0.784. The van der Waals surface area contributed by atoms with Gasteiger partial charge in [-0.3, -0.25) is 14.5 Å². The molecular weight excluding hydrogens is 380 g/mol. The third-order valence-corrected chi connectivity index (χ3v) is 5.29. The smallest absolute Gasteiger partial charge is 0.325 e. The summed E-state index contributed by atoms with van der Waals surface area (Å²) in [4.78, 5) is 40.1. The summed E-state index contributed by atoms with van der Waals surface area (Å²) in [6, 6.07) is 10.8. The van der Waals surface area contributed by atoms with E-state index in [1.807, 2.05) is 37.3 Å². The van der Waals surface area contributed by atoms with Gasteiger partial charge in [0.25, 0.3) is 5.91 Å². The lowest BCUT2D eigenvalue weighted by Gasteiger charge is -2.27. The van der Waals surface area contributed by atoms with E-state index in [2.05, 4.69) is 5.32 Å². The highest BCUT2D eigenvalue weighted by Crippen LogP contribution is 2.31. The van der Waals surface area contributed by atoms with Crippen LogP contribution in [0.3, 0.4) is 0 Å². The van der Waals surface area contributed by atoms with Gasteiger partial charge in [-0.2, -0.15) is 0 Å². The van der Waals surface area contributed by atoms with Crippen molar-refractivity contribution in [2.45, 2.75) is 25.4 Å². The molecule has 0 radical (unpaired) electrons. The molecule has 2 aromatic carbocycles. The SMILES string of the molecule is C[C@@H](c1ccccc1)N(C)C(=O)CN1C(=O)N[C@](C)(c2cc(F)ccc2F)C1=O. The lowest BCUT2D eigenvalue weighted by molar-refractivity contribution is -0.139. The average Bonchev–Trinajstić information content (AvgIpc) is 2.93. The molecule has 1 saturated heterocycles. The molecule has 0 aromatic heterocycles. The van der Waals surface area contributed by atoms with Gasteiger partial charge in [-0.1, -0.05) is 30.3 Å². The number of rotatable bonds is 5. The molecule has 1 fully saturated rings. The molecule has 2 aromatic rings. The van der Waals surface area contributed by atoms with Crippen LogP contribution in [0.1, 0.15) is 31.0 Å². The molecule has 0 spiro atoms. The highest BCUT2D eigenvalue weighted by molar-refractivity contribution is 6.09. The number of nitrogens with zero attached hydrogens (tertiary/aromatic N) is 2. The summed E-state index contributed by atoms with van der Waals surface area (Å²) in [6.45, 7) is 2.60. The summed E-state index contributed by atoms with van der Waals surface area (Å²) in [5.41, 5.74) is -1.20. The van der Waals surface area contributed by atoms with Gasteiger partial charge in [-0.15, -0.1) is 0 Å². The molecule has 3 rings (SSSR count). The number of imide groups is 1. The lowest BCUT2D eigenvalue weighted by Crippen LogP contribution is -2.44. The molecule has 152 valence electrons. The Morgan fingerprint density at radius 2 is 1.83 bits per heavy atom. The minimum Gasteiger partial charge on any atom is -0.337 e. The Morgan fingerprint density at radius 1 is 1.17 bits per heavy atom. The molecule has 29 heavy (non-hydrogen) atoms. The highest BCUT2D eigenvalue weighted by atomic mass is 19.1. The van der Waals surface area contributed by atoms with E-state index < -0.39 is 41.6 Å². The predicted molar refractivity (Wildman–Crippen MR) is 102 cm³/mol. The third-order valence-electron chi connectivity index (χ3n) is 5.29. The molecule has 1 aliphatic rings. The maximum Gasteiger partial charge on any atom is 0.325 e. The first-order valence-corrected chi connectivity index (χ1v) is 9.05. The van der Waals surface area contributed by atoms with Gasteiger partial charge in [0.15, 0.2) is 0 Å². The van der Waals surface area contributed by atoms with Crippen LogP contribution in [-0.2, 0) is 15.1 Å². The zero-order chi connectivity index (χ0) is 21.3. The van der Waals surface area contributed by atoms with Gasteiger partial charge in [0.05, 0.1) is 6.04 Å². The molecule has 4 amide bonds. The fourth-order valence-corrected chi connectivity index (χ4v) is 3.32. The van der Waals surface area contributed by atoms with E-state index in [-0.39, 0.29) is 11.6 Å². The number of likely N-dealkylation sites (N-methyl/N-ethyl adjacent to an activating group) is 1. The average molecular weight is 401 g/mol. The molecule has 0 saturated carbocycles. The van der Waals surface area contributed by atoms with Crippen molar-refractivity contribution in [3.63, 3.8) is 0 Å². The zero-order valence-corrected chi connectivity index (χ0v) is 16.3. The molecule has 2 atom stereocenters. The molecule has 1 N–H and O–H groups in total. The Balaban J connectivity index is 1.80. The summed E-state index contributed by atoms with van der Waals surface area (Å²) >= 11 is 0. The standard InChI is InChI=1S/C21H21F2N3O3/c1-13(14-7-5-4-6-8-14)25(3)18(27)12-26-19(28)21(2,24-20(26)29)16-11-15(22)9-10-17(16)23/h4-11,13H,12H2,1-3H3,(H,24,29)/t13-,21+/m0/s1. The Labute approximate surface area is 167 Å². The van der Waals surface area contributed by atoms with Crippen LogP contribution in [0.25, 0.3) is 0 Å². The molecule has 0 aliphatic carbocycles. The summed E-state index contributed by atoms with van der Waals surface area (Å²) in [6.07, 6.45) is 0. The number of carbonyl (C=O) groups excluding carboxylic acids is 3. The predicted octanol–water partition coefficient (Wildman–Crippen LogP) is 2.95. The van der Waals surface area contributed by atoms with Crippen LogP contribution in [0.5, 0.6) is 0 Å². The van der Waals surface area contributed by atoms with Gasteiger partial charge in [0.1, 0.15) is 23.7 Å². The van der Waals surface area contributed by atoms with Crippen LogP contribution in [-0.4, -0.2) is 41.2 Å². The minimum absolute atomic E-state index is 0.281. The maximum atomic E-state index is 14.2. The van der Waals surface area contributed by atoms with E-state index in [0.29, 0.717) is 0 Å². The van der Waals surface area contributed by atoms with E-state index in [4.69, 9.17) is 0 Å². The van der Waals surface area contributed by atoms with Gasteiger partial charge in [-0.05, 0) is 37.6 Å². The van der Waals surface area contributed by atoms with Crippen molar-refractivity contribution in [3.05, 3.63) is 71.3 Å². The number of urea groups is 1. The Hall–Kier alpha value is -3.29. The largest absolute Gasteiger partial charge is 0.337 e. The second-order valence-corrected chi connectivity index (χ2v) is 7.16. The van der Waals surface area contributed by atoms with Crippen LogP contribution in [0.4, 0.5) is 13.6 Å². The van der Waals surface area contributed by atoms with Crippen LogP contribution >= 0.6 is 0 Å². The number of nitrogens with one attached hydrogen (secondary N) is 1. The van der Waals surface area contributed by atoms with Crippen molar-refractivity contribution < 1.29 is 23.2 Å². The summed E-state index contributed by atoms with van der Waals surface area (Å²) in [5, 5.41) is 2.38. The fourth-order valence-electron chi connectivity index (χ4n) is 3.32. The van der Waals surface area contributed by atoms with Gasteiger partial charge >= 0.3 is 6.03 Å². The molecular formula is C21H21F2N3O3. The van der Waals surface area contributed by atoms with E-state index in [1.165, 1.54) is 11.8 Å². The van der Waals surface area contributed by atoms with E-state index >= 15 is 0 Å². The first-order valence-electron chi connectivity index (χ1n) is 9.05.